The molecule has 1 aromatic rings. The highest BCUT2D eigenvalue weighted by atomic mass is 16.5. The van der Waals surface area contributed by atoms with Crippen LogP contribution >= 0.6 is 0 Å². The maximum Gasteiger partial charge on any atom is 0.306 e. The molecule has 18 heavy (non-hydrogen) atoms. The minimum atomic E-state index is -0.185. The van der Waals surface area contributed by atoms with Crippen molar-refractivity contribution in [2.45, 2.75) is 32.6 Å². The van der Waals surface area contributed by atoms with Gasteiger partial charge in [0.05, 0.1) is 32.2 Å². The summed E-state index contributed by atoms with van der Waals surface area (Å²) in [7, 11) is 1.43. The van der Waals surface area contributed by atoms with E-state index in [1.807, 2.05) is 0 Å². The van der Waals surface area contributed by atoms with E-state index in [1.165, 1.54) is 29.4 Å². The van der Waals surface area contributed by atoms with Crippen LogP contribution in [-0.2, 0) is 19.7 Å². The van der Waals surface area contributed by atoms with Crippen LogP contribution in [0.1, 0.15) is 28.7 Å². The summed E-state index contributed by atoms with van der Waals surface area (Å²) in [5, 5.41) is 0. The number of hydrogen-bond donors (Lipinski definition) is 0. The quantitative estimate of drug-likeness (QED) is 0.771. The fourth-order valence-corrected chi connectivity index (χ4v) is 2.58. The molecule has 1 aliphatic heterocycles. The van der Waals surface area contributed by atoms with Gasteiger partial charge in [0.25, 0.3) is 0 Å². The first-order chi connectivity index (χ1) is 8.48. The van der Waals surface area contributed by atoms with E-state index in [0.29, 0.717) is 19.6 Å². The molecule has 0 saturated carbocycles. The van der Waals surface area contributed by atoms with Crippen molar-refractivity contribution in [3.8, 4) is 0 Å². The molecule has 0 radical (unpaired) electrons. The molecular weight excluding hydrogens is 228 g/mol. The summed E-state index contributed by atoms with van der Waals surface area (Å²) in [5.41, 5.74) is 4.80. The predicted molar refractivity (Wildman–Crippen MR) is 69.8 cm³/mol. The fraction of sp³-hybridized carbons (Fsp3) is 0.533. The lowest BCUT2D eigenvalue weighted by Gasteiger charge is -2.42. The van der Waals surface area contributed by atoms with Gasteiger partial charge >= 0.3 is 5.97 Å². The third-order valence-electron chi connectivity index (χ3n) is 3.88. The molecule has 3 nitrogen and oxygen atoms in total. The lowest BCUT2D eigenvalue weighted by atomic mass is 9.73. The first kappa shape index (κ1) is 13.1. The lowest BCUT2D eigenvalue weighted by molar-refractivity contribution is -0.148. The van der Waals surface area contributed by atoms with E-state index in [9.17, 15) is 4.79 Å². The van der Waals surface area contributed by atoms with Crippen LogP contribution in [-0.4, -0.2) is 26.3 Å². The van der Waals surface area contributed by atoms with E-state index in [-0.39, 0.29) is 11.4 Å². The van der Waals surface area contributed by atoms with E-state index in [4.69, 9.17) is 9.47 Å². The summed E-state index contributed by atoms with van der Waals surface area (Å²) in [5.74, 6) is -0.170. The van der Waals surface area contributed by atoms with Crippen molar-refractivity contribution >= 4 is 5.97 Å². The van der Waals surface area contributed by atoms with Gasteiger partial charge in [-0.15, -0.1) is 0 Å². The Bertz CT molecular complexity index is 473. The van der Waals surface area contributed by atoms with Crippen LogP contribution in [0.3, 0.4) is 0 Å². The number of methoxy groups -OCH3 is 1. The highest BCUT2D eigenvalue weighted by Gasteiger charge is 2.43. The van der Waals surface area contributed by atoms with Gasteiger partial charge in [-0.05, 0) is 43.0 Å². The third-order valence-corrected chi connectivity index (χ3v) is 3.88. The average Bonchev–Trinajstić information content (AvgIpc) is 2.28. The number of hydrogen-bond acceptors (Lipinski definition) is 3. The number of rotatable bonds is 3. The van der Waals surface area contributed by atoms with Crippen LogP contribution in [0.2, 0.25) is 0 Å². The highest BCUT2D eigenvalue weighted by molar-refractivity contribution is 5.72. The van der Waals surface area contributed by atoms with Gasteiger partial charge in [0.15, 0.2) is 0 Å². The zero-order valence-corrected chi connectivity index (χ0v) is 11.5. The Morgan fingerprint density at radius 3 is 2.33 bits per heavy atom. The van der Waals surface area contributed by atoms with Crippen molar-refractivity contribution in [3.63, 3.8) is 0 Å². The standard InChI is InChI=1S/C15H20O3/c1-10-5-12(3)13(6-11(10)2)15(8-18-9-15)7-14(16)17-4/h5-6H,7-9H2,1-4H3. The molecule has 0 amide bonds. The number of aryl methyl sites for hydroxylation is 3. The van der Waals surface area contributed by atoms with Crippen molar-refractivity contribution in [1.29, 1.82) is 0 Å². The van der Waals surface area contributed by atoms with Gasteiger partial charge < -0.3 is 9.47 Å². The van der Waals surface area contributed by atoms with Gasteiger partial charge in [-0.1, -0.05) is 12.1 Å². The number of carbonyl (C=O) groups is 1. The van der Waals surface area contributed by atoms with E-state index in [2.05, 4.69) is 32.9 Å². The number of esters is 1. The first-order valence-corrected chi connectivity index (χ1v) is 6.21. The normalized spacial score (nSPS) is 17.1. The molecule has 1 fully saturated rings. The van der Waals surface area contributed by atoms with Crippen molar-refractivity contribution in [1.82, 2.24) is 0 Å². The molecule has 98 valence electrons. The van der Waals surface area contributed by atoms with Crippen LogP contribution < -0.4 is 0 Å². The summed E-state index contributed by atoms with van der Waals surface area (Å²) in [6.07, 6.45) is 0.396. The molecule has 2 rings (SSSR count). The maximum absolute atomic E-state index is 11.6. The molecule has 0 aromatic heterocycles. The van der Waals surface area contributed by atoms with Crippen molar-refractivity contribution in [2.24, 2.45) is 0 Å². The van der Waals surface area contributed by atoms with E-state index in [1.54, 1.807) is 0 Å². The Balaban J connectivity index is 2.38. The maximum atomic E-state index is 11.6. The SMILES string of the molecule is COC(=O)CC1(c2cc(C)c(C)cc2C)COC1. The van der Waals surface area contributed by atoms with Gasteiger partial charge in [-0.3, -0.25) is 4.79 Å². The molecule has 0 unspecified atom stereocenters. The molecule has 1 saturated heterocycles. The van der Waals surface area contributed by atoms with Gasteiger partial charge in [-0.2, -0.15) is 0 Å². The van der Waals surface area contributed by atoms with Gasteiger partial charge in [0, 0.05) is 0 Å². The topological polar surface area (TPSA) is 35.5 Å². The third kappa shape index (κ3) is 2.15. The lowest BCUT2D eigenvalue weighted by Crippen LogP contribution is -2.49. The second kappa shape index (κ2) is 4.73. The molecule has 0 atom stereocenters. The largest absolute Gasteiger partial charge is 0.469 e. The highest BCUT2D eigenvalue weighted by Crippen LogP contribution is 2.38. The monoisotopic (exact) mass is 248 g/mol. The number of benzene rings is 1. The summed E-state index contributed by atoms with van der Waals surface area (Å²) < 4.78 is 10.2. The van der Waals surface area contributed by atoms with Crippen molar-refractivity contribution in [2.75, 3.05) is 20.3 Å². The average molecular weight is 248 g/mol. The molecular formula is C15H20O3. The minimum absolute atomic E-state index is 0.170. The van der Waals surface area contributed by atoms with E-state index in [0.717, 1.165) is 0 Å². The molecule has 1 aliphatic rings. The molecule has 0 N–H and O–H groups in total. The van der Waals surface area contributed by atoms with E-state index >= 15 is 0 Å². The summed E-state index contributed by atoms with van der Waals surface area (Å²) in [6, 6.07) is 4.37. The number of ether oxygens (including phenoxy) is 2. The minimum Gasteiger partial charge on any atom is -0.469 e. The van der Waals surface area contributed by atoms with Gasteiger partial charge in [0.2, 0.25) is 0 Å². The Morgan fingerprint density at radius 2 is 1.83 bits per heavy atom. The molecule has 1 aromatic carbocycles. The van der Waals surface area contributed by atoms with Gasteiger partial charge in [-0.25, -0.2) is 0 Å². The first-order valence-electron chi connectivity index (χ1n) is 6.21. The molecule has 1 heterocycles. The zero-order chi connectivity index (χ0) is 13.3. The van der Waals surface area contributed by atoms with Crippen molar-refractivity contribution < 1.29 is 14.3 Å². The Labute approximate surface area is 108 Å². The molecule has 0 spiro atoms. The van der Waals surface area contributed by atoms with Crippen molar-refractivity contribution in [3.05, 3.63) is 34.4 Å². The number of carbonyl (C=O) groups excluding carboxylic acids is 1. The van der Waals surface area contributed by atoms with Gasteiger partial charge in [0.1, 0.15) is 0 Å². The van der Waals surface area contributed by atoms with E-state index < -0.39 is 0 Å². The van der Waals surface area contributed by atoms with Crippen LogP contribution in [0.25, 0.3) is 0 Å². The summed E-state index contributed by atoms with van der Waals surface area (Å²) in [4.78, 5) is 11.6. The van der Waals surface area contributed by atoms with Crippen LogP contribution in [0.5, 0.6) is 0 Å². The molecule has 0 bridgehead atoms. The van der Waals surface area contributed by atoms with Crippen LogP contribution in [0.4, 0.5) is 0 Å². The Morgan fingerprint density at radius 1 is 1.22 bits per heavy atom. The zero-order valence-electron chi connectivity index (χ0n) is 11.5. The predicted octanol–water partition coefficient (Wildman–Crippen LogP) is 2.44. The summed E-state index contributed by atoms with van der Waals surface area (Å²) in [6.45, 7) is 7.51. The summed E-state index contributed by atoms with van der Waals surface area (Å²) >= 11 is 0. The van der Waals surface area contributed by atoms with Crippen LogP contribution in [0.15, 0.2) is 12.1 Å². The molecule has 0 aliphatic carbocycles. The Kier molecular flexibility index (Phi) is 3.44. The Hall–Kier alpha value is -1.35. The molecule has 3 heteroatoms. The smallest absolute Gasteiger partial charge is 0.306 e. The second-order valence-corrected chi connectivity index (χ2v) is 5.28. The fourth-order valence-electron chi connectivity index (χ4n) is 2.58. The van der Waals surface area contributed by atoms with Crippen LogP contribution in [0, 0.1) is 20.8 Å². The second-order valence-electron chi connectivity index (χ2n) is 5.28.